The van der Waals surface area contributed by atoms with Crippen molar-refractivity contribution in [2.75, 3.05) is 13.2 Å². The third-order valence-electron chi connectivity index (χ3n) is 3.76. The summed E-state index contributed by atoms with van der Waals surface area (Å²) in [6, 6.07) is 1.20. The van der Waals surface area contributed by atoms with Crippen molar-refractivity contribution in [2.24, 2.45) is 12.2 Å². The maximum absolute atomic E-state index is 12.1. The number of aromatic nitrogens is 1. The number of aliphatic hydroxyl groups is 1. The van der Waals surface area contributed by atoms with Crippen LogP contribution < -0.4 is 10.5 Å². The number of nitrogens with two attached hydrogens (primary N) is 1. The molecule has 2 unspecified atom stereocenters. The zero-order valence-corrected chi connectivity index (χ0v) is 12.7. The summed E-state index contributed by atoms with van der Waals surface area (Å²) in [5.74, 6) is -0.486. The van der Waals surface area contributed by atoms with Crippen molar-refractivity contribution in [1.29, 1.82) is 0 Å². The minimum absolute atomic E-state index is 0.0306. The Kier molecular flexibility index (Phi) is 4.11. The molecule has 118 valence electrons. The van der Waals surface area contributed by atoms with Gasteiger partial charge in [0.25, 0.3) is 5.91 Å². The second-order valence-electron chi connectivity index (χ2n) is 5.27. The van der Waals surface area contributed by atoms with Crippen molar-refractivity contribution in [2.45, 2.75) is 29.9 Å². The van der Waals surface area contributed by atoms with E-state index in [1.807, 2.05) is 0 Å². The lowest BCUT2D eigenvalue weighted by Crippen LogP contribution is -2.47. The second-order valence-corrected chi connectivity index (χ2v) is 6.83. The summed E-state index contributed by atoms with van der Waals surface area (Å²) < 4.78 is 29.2. The van der Waals surface area contributed by atoms with Crippen LogP contribution in [0, 0.1) is 0 Å². The molecule has 1 amide bonds. The molecule has 1 aliphatic heterocycles. The number of hydrogen-bond donors (Lipinski definition) is 3. The van der Waals surface area contributed by atoms with Crippen molar-refractivity contribution in [3.63, 3.8) is 0 Å². The molecule has 0 aromatic carbocycles. The summed E-state index contributed by atoms with van der Waals surface area (Å²) >= 11 is 0. The second kappa shape index (κ2) is 5.41. The molecule has 4 N–H and O–H groups in total. The molecular formula is C12H19N3O5S. The first-order valence-electron chi connectivity index (χ1n) is 6.45. The third kappa shape index (κ3) is 3.26. The predicted octanol–water partition coefficient (Wildman–Crippen LogP) is -1.06. The van der Waals surface area contributed by atoms with E-state index in [-0.39, 0.29) is 23.2 Å². The number of nitrogens with zero attached hydrogens (tertiary/aromatic N) is 1. The smallest absolute Gasteiger partial charge is 0.268 e. The Labute approximate surface area is 122 Å². The molecule has 8 nitrogen and oxygen atoms in total. The van der Waals surface area contributed by atoms with Crippen LogP contribution in [0.4, 0.5) is 0 Å². The molecule has 0 aliphatic carbocycles. The van der Waals surface area contributed by atoms with Crippen LogP contribution >= 0.6 is 0 Å². The van der Waals surface area contributed by atoms with Gasteiger partial charge in [-0.3, -0.25) is 4.79 Å². The van der Waals surface area contributed by atoms with Gasteiger partial charge in [0, 0.05) is 32.8 Å². The number of ether oxygens (including phenoxy) is 1. The molecule has 1 aromatic rings. The van der Waals surface area contributed by atoms with Crippen LogP contribution in [0.25, 0.3) is 0 Å². The standard InChI is InChI=1S/C12H19N3O5S/c1-8-12(17,3-4-20-8)7-14-11(16)10-5-9(6-15(10)2)21(13,18)19/h5-6,8,17H,3-4,7H2,1-2H3,(H,14,16)(H2,13,18,19). The Balaban J connectivity index is 2.09. The summed E-state index contributed by atoms with van der Waals surface area (Å²) in [6.07, 6.45) is 1.33. The fourth-order valence-electron chi connectivity index (χ4n) is 2.24. The number of primary sulfonamides is 1. The molecule has 1 aromatic heterocycles. The van der Waals surface area contributed by atoms with Gasteiger partial charge in [0.05, 0.1) is 6.10 Å². The molecule has 1 aliphatic rings. The minimum atomic E-state index is -3.86. The number of hydrogen-bond acceptors (Lipinski definition) is 5. The van der Waals surface area contributed by atoms with Gasteiger partial charge < -0.3 is 19.7 Å². The zero-order valence-electron chi connectivity index (χ0n) is 11.9. The van der Waals surface area contributed by atoms with Gasteiger partial charge in [-0.1, -0.05) is 0 Å². The van der Waals surface area contributed by atoms with Gasteiger partial charge in [-0.05, 0) is 13.0 Å². The number of rotatable bonds is 4. The Hall–Kier alpha value is -1.42. The van der Waals surface area contributed by atoms with Crippen LogP contribution in [-0.2, 0) is 21.8 Å². The van der Waals surface area contributed by atoms with E-state index in [1.54, 1.807) is 14.0 Å². The lowest BCUT2D eigenvalue weighted by Gasteiger charge is -2.26. The summed E-state index contributed by atoms with van der Waals surface area (Å²) in [5.41, 5.74) is -0.960. The van der Waals surface area contributed by atoms with Gasteiger partial charge >= 0.3 is 0 Å². The van der Waals surface area contributed by atoms with Crippen LogP contribution in [0.15, 0.2) is 17.2 Å². The van der Waals surface area contributed by atoms with Gasteiger partial charge in [-0.2, -0.15) is 0 Å². The first-order chi connectivity index (χ1) is 9.63. The Morgan fingerprint density at radius 1 is 1.67 bits per heavy atom. The van der Waals surface area contributed by atoms with Crippen LogP contribution in [0.2, 0.25) is 0 Å². The molecule has 0 bridgehead atoms. The highest BCUT2D eigenvalue weighted by Crippen LogP contribution is 2.24. The number of sulfonamides is 1. The summed E-state index contributed by atoms with van der Waals surface area (Å²) in [7, 11) is -2.32. The molecule has 2 rings (SSSR count). The molecule has 1 saturated heterocycles. The van der Waals surface area contributed by atoms with E-state index >= 15 is 0 Å². The van der Waals surface area contributed by atoms with Crippen LogP contribution in [0.5, 0.6) is 0 Å². The first kappa shape index (κ1) is 16.0. The lowest BCUT2D eigenvalue weighted by molar-refractivity contribution is -0.0252. The average molecular weight is 317 g/mol. The fourth-order valence-corrected chi connectivity index (χ4v) is 2.82. The van der Waals surface area contributed by atoms with E-state index in [9.17, 15) is 18.3 Å². The van der Waals surface area contributed by atoms with Gasteiger partial charge in [0.2, 0.25) is 10.0 Å². The Morgan fingerprint density at radius 3 is 2.81 bits per heavy atom. The molecule has 2 atom stereocenters. The van der Waals surface area contributed by atoms with Crippen molar-refractivity contribution < 1.29 is 23.1 Å². The molecule has 0 radical (unpaired) electrons. The van der Waals surface area contributed by atoms with Crippen LogP contribution in [0.3, 0.4) is 0 Å². The Morgan fingerprint density at radius 2 is 2.33 bits per heavy atom. The maximum Gasteiger partial charge on any atom is 0.268 e. The highest BCUT2D eigenvalue weighted by Gasteiger charge is 2.39. The monoisotopic (exact) mass is 317 g/mol. The van der Waals surface area contributed by atoms with Crippen LogP contribution in [-0.4, -0.2) is 48.9 Å². The van der Waals surface area contributed by atoms with E-state index < -0.39 is 21.5 Å². The number of carbonyl (C=O) groups is 1. The van der Waals surface area contributed by atoms with Gasteiger partial charge in [-0.25, -0.2) is 13.6 Å². The SMILES string of the molecule is CC1OCCC1(O)CNC(=O)c1cc(S(N)(=O)=O)cn1C. The third-order valence-corrected chi connectivity index (χ3v) is 4.64. The van der Waals surface area contributed by atoms with Crippen LogP contribution in [0.1, 0.15) is 23.8 Å². The lowest BCUT2D eigenvalue weighted by atomic mass is 9.97. The minimum Gasteiger partial charge on any atom is -0.385 e. The quantitative estimate of drug-likeness (QED) is 0.653. The molecule has 9 heteroatoms. The molecule has 0 saturated carbocycles. The zero-order chi connectivity index (χ0) is 15.8. The molecule has 2 heterocycles. The highest BCUT2D eigenvalue weighted by molar-refractivity contribution is 7.89. The van der Waals surface area contributed by atoms with E-state index in [1.165, 1.54) is 16.8 Å². The number of aryl methyl sites for hydroxylation is 1. The van der Waals surface area contributed by atoms with E-state index in [2.05, 4.69) is 5.32 Å². The van der Waals surface area contributed by atoms with E-state index in [0.29, 0.717) is 13.0 Å². The maximum atomic E-state index is 12.1. The van der Waals surface area contributed by atoms with E-state index in [4.69, 9.17) is 9.88 Å². The molecule has 21 heavy (non-hydrogen) atoms. The molecular weight excluding hydrogens is 298 g/mol. The molecule has 0 spiro atoms. The van der Waals surface area contributed by atoms with Gasteiger partial charge in [-0.15, -0.1) is 0 Å². The predicted molar refractivity (Wildman–Crippen MR) is 74.1 cm³/mol. The van der Waals surface area contributed by atoms with Crippen molar-refractivity contribution in [3.8, 4) is 0 Å². The topological polar surface area (TPSA) is 124 Å². The normalized spacial score (nSPS) is 26.0. The first-order valence-corrected chi connectivity index (χ1v) is 7.99. The van der Waals surface area contributed by atoms with Crippen molar-refractivity contribution in [3.05, 3.63) is 18.0 Å². The molecule has 1 fully saturated rings. The summed E-state index contributed by atoms with van der Waals surface area (Å²) in [5, 5.41) is 17.9. The highest BCUT2D eigenvalue weighted by atomic mass is 32.2. The van der Waals surface area contributed by atoms with Gasteiger partial charge in [0.1, 0.15) is 16.2 Å². The van der Waals surface area contributed by atoms with Crippen molar-refractivity contribution >= 4 is 15.9 Å². The fraction of sp³-hybridized carbons (Fsp3) is 0.583. The van der Waals surface area contributed by atoms with Crippen molar-refractivity contribution in [1.82, 2.24) is 9.88 Å². The number of amides is 1. The summed E-state index contributed by atoms with van der Waals surface area (Å²) in [4.78, 5) is 12.0. The summed E-state index contributed by atoms with van der Waals surface area (Å²) in [6.45, 7) is 2.21. The average Bonchev–Trinajstić information content (AvgIpc) is 2.91. The van der Waals surface area contributed by atoms with E-state index in [0.717, 1.165) is 0 Å². The number of nitrogens with one attached hydrogen (secondary N) is 1. The number of carbonyl (C=O) groups excluding carboxylic acids is 1. The largest absolute Gasteiger partial charge is 0.385 e. The van der Waals surface area contributed by atoms with Gasteiger partial charge in [0.15, 0.2) is 0 Å². The Bertz CT molecular complexity index is 654.